The lowest BCUT2D eigenvalue weighted by molar-refractivity contribution is 0.104. The van der Waals surface area contributed by atoms with Crippen LogP contribution in [0.15, 0.2) is 72.9 Å². The molecule has 0 atom stereocenters. The van der Waals surface area contributed by atoms with Crippen molar-refractivity contribution in [3.05, 3.63) is 83.3 Å². The predicted molar refractivity (Wildman–Crippen MR) is 111 cm³/mol. The monoisotopic (exact) mass is 404 g/mol. The molecule has 0 aliphatic rings. The highest BCUT2D eigenvalue weighted by Crippen LogP contribution is 2.25. The standard InChI is InChI=1S/C21H16N4O3S/c1-2-10-28-21(27)24-15-6-3-5-14(12-15)17-8-9-22-20-16(13-23-25(17)20)19(26)18-7-4-11-29-18/h2-9,11-13H,1,10H2,(H,24,27). The van der Waals surface area contributed by atoms with Crippen LogP contribution in [0, 0.1) is 0 Å². The molecule has 0 aliphatic carbocycles. The number of hydrogen-bond acceptors (Lipinski definition) is 6. The normalized spacial score (nSPS) is 10.6. The van der Waals surface area contributed by atoms with Crippen molar-refractivity contribution in [1.29, 1.82) is 0 Å². The number of amides is 1. The van der Waals surface area contributed by atoms with Gasteiger partial charge in [0.05, 0.1) is 22.3 Å². The molecule has 1 N–H and O–H groups in total. The Kier molecular flexibility index (Phi) is 5.17. The second-order valence-electron chi connectivity index (χ2n) is 6.02. The number of fused-ring (bicyclic) bond motifs is 1. The quantitative estimate of drug-likeness (QED) is 0.380. The second kappa shape index (κ2) is 8.07. The summed E-state index contributed by atoms with van der Waals surface area (Å²) in [7, 11) is 0. The van der Waals surface area contributed by atoms with Crippen LogP contribution in [0.2, 0.25) is 0 Å². The molecule has 0 unspecified atom stereocenters. The van der Waals surface area contributed by atoms with Crippen LogP contribution in [0.25, 0.3) is 16.9 Å². The van der Waals surface area contributed by atoms with E-state index in [1.807, 2.05) is 23.6 Å². The Hall–Kier alpha value is -3.78. The minimum Gasteiger partial charge on any atom is -0.445 e. The number of nitrogens with zero attached hydrogens (tertiary/aromatic N) is 3. The first-order chi connectivity index (χ1) is 14.2. The molecule has 8 heteroatoms. The highest BCUT2D eigenvalue weighted by Gasteiger charge is 2.18. The van der Waals surface area contributed by atoms with Crippen LogP contribution < -0.4 is 5.32 Å². The van der Waals surface area contributed by atoms with Crippen LogP contribution in [0.5, 0.6) is 0 Å². The molecule has 1 amide bonds. The number of anilines is 1. The maximum absolute atomic E-state index is 12.7. The molecule has 7 nitrogen and oxygen atoms in total. The number of nitrogens with one attached hydrogen (secondary N) is 1. The summed E-state index contributed by atoms with van der Waals surface area (Å²) in [6.07, 6.45) is 4.10. The SMILES string of the molecule is C=CCOC(=O)Nc1cccc(-c2ccnc3c(C(=O)c4cccs4)cnn23)c1. The summed E-state index contributed by atoms with van der Waals surface area (Å²) in [4.78, 5) is 29.5. The molecule has 29 heavy (non-hydrogen) atoms. The summed E-state index contributed by atoms with van der Waals surface area (Å²) in [6, 6.07) is 12.7. The molecule has 144 valence electrons. The van der Waals surface area contributed by atoms with Crippen molar-refractivity contribution in [2.75, 3.05) is 11.9 Å². The first kappa shape index (κ1) is 18.6. The first-order valence-electron chi connectivity index (χ1n) is 8.73. The van der Waals surface area contributed by atoms with E-state index < -0.39 is 6.09 Å². The van der Waals surface area contributed by atoms with Crippen molar-refractivity contribution in [2.24, 2.45) is 0 Å². The Morgan fingerprint density at radius 2 is 2.14 bits per heavy atom. The molecule has 4 aromatic rings. The lowest BCUT2D eigenvalue weighted by Gasteiger charge is -2.09. The van der Waals surface area contributed by atoms with Gasteiger partial charge in [0.25, 0.3) is 0 Å². The van der Waals surface area contributed by atoms with Crippen molar-refractivity contribution >= 4 is 34.5 Å². The number of ether oxygens (including phenoxy) is 1. The van der Waals surface area contributed by atoms with Gasteiger partial charge in [-0.05, 0) is 29.6 Å². The number of benzene rings is 1. The molecular formula is C21H16N4O3S. The van der Waals surface area contributed by atoms with Crippen LogP contribution in [-0.2, 0) is 4.74 Å². The van der Waals surface area contributed by atoms with E-state index in [-0.39, 0.29) is 12.4 Å². The lowest BCUT2D eigenvalue weighted by Crippen LogP contribution is -2.13. The van der Waals surface area contributed by atoms with Crippen LogP contribution in [0.4, 0.5) is 10.5 Å². The zero-order chi connectivity index (χ0) is 20.2. The van der Waals surface area contributed by atoms with E-state index in [4.69, 9.17) is 4.74 Å². The van der Waals surface area contributed by atoms with Crippen LogP contribution in [0.1, 0.15) is 15.2 Å². The molecule has 1 aromatic carbocycles. The number of carbonyl (C=O) groups excluding carboxylic acids is 2. The zero-order valence-corrected chi connectivity index (χ0v) is 16.1. The Morgan fingerprint density at radius 1 is 1.24 bits per heavy atom. The third-order valence-corrected chi connectivity index (χ3v) is 5.00. The third-order valence-electron chi connectivity index (χ3n) is 4.13. The summed E-state index contributed by atoms with van der Waals surface area (Å²) < 4.78 is 6.56. The molecule has 3 heterocycles. The largest absolute Gasteiger partial charge is 0.445 e. The fourth-order valence-corrected chi connectivity index (χ4v) is 3.53. The maximum Gasteiger partial charge on any atom is 0.411 e. The van der Waals surface area contributed by atoms with Crippen molar-refractivity contribution in [2.45, 2.75) is 0 Å². The van der Waals surface area contributed by atoms with Gasteiger partial charge in [0.2, 0.25) is 5.78 Å². The van der Waals surface area contributed by atoms with Crippen molar-refractivity contribution in [3.8, 4) is 11.3 Å². The molecule has 4 rings (SSSR count). The summed E-state index contributed by atoms with van der Waals surface area (Å²) in [6.45, 7) is 3.64. The average molecular weight is 404 g/mol. The fraction of sp³-hybridized carbons (Fsp3) is 0.0476. The van der Waals surface area contributed by atoms with E-state index in [0.717, 1.165) is 11.3 Å². The van der Waals surface area contributed by atoms with E-state index in [0.29, 0.717) is 21.8 Å². The highest BCUT2D eigenvalue weighted by molar-refractivity contribution is 7.12. The van der Waals surface area contributed by atoms with Crippen LogP contribution in [-0.4, -0.2) is 33.1 Å². The molecule has 3 aromatic heterocycles. The van der Waals surface area contributed by atoms with Gasteiger partial charge in [-0.15, -0.1) is 11.3 Å². The van der Waals surface area contributed by atoms with Crippen LogP contribution >= 0.6 is 11.3 Å². The smallest absolute Gasteiger partial charge is 0.411 e. The number of ketones is 1. The number of aromatic nitrogens is 3. The van der Waals surface area contributed by atoms with E-state index in [1.54, 1.807) is 35.0 Å². The molecular weight excluding hydrogens is 388 g/mol. The Labute approximate surface area is 170 Å². The summed E-state index contributed by atoms with van der Waals surface area (Å²) in [5.41, 5.74) is 3.03. The number of hydrogen-bond donors (Lipinski definition) is 1. The van der Waals surface area contributed by atoms with Gasteiger partial charge in [0, 0.05) is 17.4 Å². The minimum atomic E-state index is -0.565. The summed E-state index contributed by atoms with van der Waals surface area (Å²) in [5, 5.41) is 8.90. The number of carbonyl (C=O) groups is 2. The maximum atomic E-state index is 12.7. The second-order valence-corrected chi connectivity index (χ2v) is 6.97. The van der Waals surface area contributed by atoms with Crippen LogP contribution in [0.3, 0.4) is 0 Å². The van der Waals surface area contributed by atoms with E-state index in [9.17, 15) is 9.59 Å². The molecule has 0 spiro atoms. The zero-order valence-electron chi connectivity index (χ0n) is 15.2. The van der Waals surface area contributed by atoms with Gasteiger partial charge in [-0.25, -0.2) is 14.3 Å². The van der Waals surface area contributed by atoms with Gasteiger partial charge in [0.1, 0.15) is 6.61 Å². The van der Waals surface area contributed by atoms with Gasteiger partial charge < -0.3 is 4.74 Å². The summed E-state index contributed by atoms with van der Waals surface area (Å²) >= 11 is 1.38. The van der Waals surface area contributed by atoms with Crippen molar-refractivity contribution in [1.82, 2.24) is 14.6 Å². The first-order valence-corrected chi connectivity index (χ1v) is 9.61. The lowest BCUT2D eigenvalue weighted by atomic mass is 10.1. The Morgan fingerprint density at radius 3 is 2.93 bits per heavy atom. The minimum absolute atomic E-state index is 0.111. The van der Waals surface area contributed by atoms with E-state index in [1.165, 1.54) is 23.6 Å². The van der Waals surface area contributed by atoms with Gasteiger partial charge >= 0.3 is 6.09 Å². The number of thiophene rings is 1. The molecule has 0 saturated carbocycles. The summed E-state index contributed by atoms with van der Waals surface area (Å²) in [5.74, 6) is -0.111. The Balaban J connectivity index is 1.68. The van der Waals surface area contributed by atoms with E-state index in [2.05, 4.69) is 22.0 Å². The van der Waals surface area contributed by atoms with Gasteiger partial charge in [-0.1, -0.05) is 30.9 Å². The van der Waals surface area contributed by atoms with Gasteiger partial charge in [0.15, 0.2) is 5.65 Å². The number of rotatable bonds is 6. The molecule has 0 aliphatic heterocycles. The highest BCUT2D eigenvalue weighted by atomic mass is 32.1. The third kappa shape index (κ3) is 3.78. The molecule has 0 fully saturated rings. The van der Waals surface area contributed by atoms with Crippen molar-refractivity contribution in [3.63, 3.8) is 0 Å². The topological polar surface area (TPSA) is 85.6 Å². The molecule has 0 radical (unpaired) electrons. The molecule has 0 bridgehead atoms. The van der Waals surface area contributed by atoms with Crippen molar-refractivity contribution < 1.29 is 14.3 Å². The predicted octanol–water partition coefficient (Wildman–Crippen LogP) is 4.42. The van der Waals surface area contributed by atoms with Gasteiger partial charge in [-0.3, -0.25) is 10.1 Å². The van der Waals surface area contributed by atoms with Gasteiger partial charge in [-0.2, -0.15) is 5.10 Å². The fourth-order valence-electron chi connectivity index (χ4n) is 2.86. The average Bonchev–Trinajstić information content (AvgIpc) is 3.42. The van der Waals surface area contributed by atoms with E-state index >= 15 is 0 Å². The molecule has 0 saturated heterocycles. The Bertz CT molecular complexity index is 1200.